The van der Waals surface area contributed by atoms with Crippen molar-refractivity contribution in [1.29, 1.82) is 0 Å². The lowest BCUT2D eigenvalue weighted by molar-refractivity contribution is -0.147. The summed E-state index contributed by atoms with van der Waals surface area (Å²) < 4.78 is 17.8. The predicted molar refractivity (Wildman–Crippen MR) is 71.5 cm³/mol. The Hall–Kier alpha value is -1.62. The number of nitrogens with one attached hydrogen (secondary N) is 1. The van der Waals surface area contributed by atoms with E-state index in [1.165, 1.54) is 19.2 Å². The zero-order chi connectivity index (χ0) is 13.9. The molecule has 0 saturated carbocycles. The second-order valence-electron chi connectivity index (χ2n) is 5.01. The van der Waals surface area contributed by atoms with Crippen LogP contribution in [0.3, 0.4) is 0 Å². The summed E-state index contributed by atoms with van der Waals surface area (Å²) in [5.41, 5.74) is 0.0235. The number of likely N-dealkylation sites (tertiary alicyclic amines) is 1. The lowest BCUT2D eigenvalue weighted by atomic mass is 9.87. The highest BCUT2D eigenvalue weighted by molar-refractivity contribution is 5.84. The average molecular weight is 266 g/mol. The van der Waals surface area contributed by atoms with Crippen molar-refractivity contribution in [1.82, 2.24) is 4.90 Å². The molecule has 1 heterocycles. The van der Waals surface area contributed by atoms with Gasteiger partial charge < -0.3 is 15.0 Å². The van der Waals surface area contributed by atoms with E-state index in [0.29, 0.717) is 12.8 Å². The van der Waals surface area contributed by atoms with Gasteiger partial charge in [-0.15, -0.1) is 0 Å². The van der Waals surface area contributed by atoms with Crippen molar-refractivity contribution in [3.63, 3.8) is 0 Å². The van der Waals surface area contributed by atoms with Crippen LogP contribution in [0.1, 0.15) is 12.8 Å². The average Bonchev–Trinajstić information content (AvgIpc) is 2.43. The molecule has 1 aromatic carbocycles. The molecule has 0 amide bonds. The second-order valence-corrected chi connectivity index (χ2v) is 5.01. The van der Waals surface area contributed by atoms with E-state index in [9.17, 15) is 9.18 Å². The Morgan fingerprint density at radius 3 is 2.42 bits per heavy atom. The number of methoxy groups -OCH3 is 1. The summed E-state index contributed by atoms with van der Waals surface area (Å²) in [4.78, 5) is 14.3. The van der Waals surface area contributed by atoms with E-state index in [1.807, 2.05) is 7.05 Å². The number of ether oxygens (including phenoxy) is 1. The number of esters is 1. The summed E-state index contributed by atoms with van der Waals surface area (Å²) >= 11 is 0. The van der Waals surface area contributed by atoms with Gasteiger partial charge in [0.2, 0.25) is 0 Å². The summed E-state index contributed by atoms with van der Waals surface area (Å²) in [5, 5.41) is 3.22. The molecule has 1 aromatic rings. The minimum atomic E-state index is -0.709. The quantitative estimate of drug-likeness (QED) is 0.848. The predicted octanol–water partition coefficient (Wildman–Crippen LogP) is 1.87. The molecule has 0 radical (unpaired) electrons. The van der Waals surface area contributed by atoms with Gasteiger partial charge in [-0.05, 0) is 44.2 Å². The monoisotopic (exact) mass is 266 g/mol. The van der Waals surface area contributed by atoms with E-state index in [2.05, 4.69) is 10.2 Å². The molecule has 0 bridgehead atoms. The van der Waals surface area contributed by atoms with Crippen molar-refractivity contribution >= 4 is 11.7 Å². The molecule has 1 fully saturated rings. The molecule has 0 atom stereocenters. The number of hydrogen-bond acceptors (Lipinski definition) is 4. The van der Waals surface area contributed by atoms with Gasteiger partial charge in [0.1, 0.15) is 11.4 Å². The van der Waals surface area contributed by atoms with Crippen LogP contribution in [0.15, 0.2) is 24.3 Å². The molecule has 19 heavy (non-hydrogen) atoms. The minimum absolute atomic E-state index is 0.259. The molecule has 0 unspecified atom stereocenters. The van der Waals surface area contributed by atoms with Crippen LogP contribution in [-0.4, -0.2) is 43.7 Å². The summed E-state index contributed by atoms with van der Waals surface area (Å²) in [6.07, 6.45) is 1.35. The number of benzene rings is 1. The Labute approximate surface area is 112 Å². The zero-order valence-electron chi connectivity index (χ0n) is 11.3. The zero-order valence-corrected chi connectivity index (χ0v) is 11.3. The number of halogens is 1. The maximum absolute atomic E-state index is 12.9. The standard InChI is InChI=1S/C14H19FN2O2/c1-17-9-7-14(8-10-17,13(18)19-2)16-12-5-3-11(15)4-6-12/h3-6,16H,7-10H2,1-2H3. The second kappa shape index (κ2) is 5.57. The Balaban J connectivity index is 2.18. The SMILES string of the molecule is COC(=O)C1(Nc2ccc(F)cc2)CCN(C)CC1. The Kier molecular flexibility index (Phi) is 4.04. The number of carbonyl (C=O) groups excluding carboxylic acids is 1. The van der Waals surface area contributed by atoms with Gasteiger partial charge >= 0.3 is 5.97 Å². The highest BCUT2D eigenvalue weighted by atomic mass is 19.1. The van der Waals surface area contributed by atoms with Gasteiger partial charge in [-0.25, -0.2) is 9.18 Å². The van der Waals surface area contributed by atoms with E-state index < -0.39 is 5.54 Å². The third-order valence-electron chi connectivity index (χ3n) is 3.64. The van der Waals surface area contributed by atoms with Crippen molar-refractivity contribution < 1.29 is 13.9 Å². The van der Waals surface area contributed by atoms with E-state index in [0.717, 1.165) is 18.8 Å². The van der Waals surface area contributed by atoms with Crippen molar-refractivity contribution in [2.75, 3.05) is 32.6 Å². The van der Waals surface area contributed by atoms with Gasteiger partial charge in [0.15, 0.2) is 0 Å². The van der Waals surface area contributed by atoms with Crippen LogP contribution in [0.25, 0.3) is 0 Å². The number of hydrogen-bond donors (Lipinski definition) is 1. The summed E-state index contributed by atoms with van der Waals surface area (Å²) in [5.74, 6) is -0.550. The molecule has 0 spiro atoms. The molecule has 0 aromatic heterocycles. The van der Waals surface area contributed by atoms with Crippen molar-refractivity contribution in [2.24, 2.45) is 0 Å². The van der Waals surface area contributed by atoms with Gasteiger partial charge in [0.05, 0.1) is 7.11 Å². The molecular formula is C14H19FN2O2. The highest BCUT2D eigenvalue weighted by Crippen LogP contribution is 2.28. The van der Waals surface area contributed by atoms with Gasteiger partial charge in [-0.2, -0.15) is 0 Å². The molecular weight excluding hydrogens is 247 g/mol. The maximum Gasteiger partial charge on any atom is 0.331 e. The fourth-order valence-corrected chi connectivity index (χ4v) is 2.39. The van der Waals surface area contributed by atoms with Crippen LogP contribution in [0.4, 0.5) is 10.1 Å². The number of nitrogens with zero attached hydrogens (tertiary/aromatic N) is 1. The van der Waals surface area contributed by atoms with Gasteiger partial charge in [-0.1, -0.05) is 0 Å². The van der Waals surface area contributed by atoms with E-state index in [-0.39, 0.29) is 11.8 Å². The maximum atomic E-state index is 12.9. The summed E-state index contributed by atoms with van der Waals surface area (Å²) in [7, 11) is 3.42. The smallest absolute Gasteiger partial charge is 0.331 e. The van der Waals surface area contributed by atoms with Crippen LogP contribution in [-0.2, 0) is 9.53 Å². The van der Waals surface area contributed by atoms with E-state index >= 15 is 0 Å². The minimum Gasteiger partial charge on any atom is -0.467 e. The van der Waals surface area contributed by atoms with Crippen LogP contribution >= 0.6 is 0 Å². The molecule has 4 nitrogen and oxygen atoms in total. The summed E-state index contributed by atoms with van der Waals surface area (Å²) in [6.45, 7) is 1.65. The lowest BCUT2D eigenvalue weighted by Crippen LogP contribution is -2.54. The largest absolute Gasteiger partial charge is 0.467 e. The fraction of sp³-hybridized carbons (Fsp3) is 0.500. The van der Waals surface area contributed by atoms with Gasteiger partial charge in [-0.3, -0.25) is 0 Å². The van der Waals surface area contributed by atoms with Crippen LogP contribution in [0.5, 0.6) is 0 Å². The Morgan fingerprint density at radius 1 is 1.32 bits per heavy atom. The lowest BCUT2D eigenvalue weighted by Gasteiger charge is -2.39. The summed E-state index contributed by atoms with van der Waals surface area (Å²) in [6, 6.07) is 6.03. The molecule has 2 rings (SSSR count). The number of rotatable bonds is 3. The van der Waals surface area contributed by atoms with Gasteiger partial charge in [0.25, 0.3) is 0 Å². The normalized spacial score (nSPS) is 18.9. The van der Waals surface area contributed by atoms with Crippen molar-refractivity contribution in [3.8, 4) is 0 Å². The Morgan fingerprint density at radius 2 is 1.89 bits per heavy atom. The molecule has 1 saturated heterocycles. The molecule has 1 N–H and O–H groups in total. The molecule has 104 valence electrons. The third-order valence-corrected chi connectivity index (χ3v) is 3.64. The topological polar surface area (TPSA) is 41.6 Å². The van der Waals surface area contributed by atoms with Crippen molar-refractivity contribution in [2.45, 2.75) is 18.4 Å². The first kappa shape index (κ1) is 13.8. The van der Waals surface area contributed by atoms with Crippen LogP contribution in [0, 0.1) is 5.82 Å². The Bertz CT molecular complexity index is 439. The van der Waals surface area contributed by atoms with Crippen LogP contribution in [0.2, 0.25) is 0 Å². The van der Waals surface area contributed by atoms with E-state index in [4.69, 9.17) is 4.74 Å². The number of piperidine rings is 1. The highest BCUT2D eigenvalue weighted by Gasteiger charge is 2.41. The molecule has 5 heteroatoms. The fourth-order valence-electron chi connectivity index (χ4n) is 2.39. The first-order valence-electron chi connectivity index (χ1n) is 6.36. The molecule has 0 aliphatic carbocycles. The first-order chi connectivity index (χ1) is 9.05. The number of carbonyl (C=O) groups is 1. The molecule has 1 aliphatic rings. The third kappa shape index (κ3) is 3.04. The van der Waals surface area contributed by atoms with Crippen LogP contribution < -0.4 is 5.32 Å². The van der Waals surface area contributed by atoms with E-state index in [1.54, 1.807) is 12.1 Å². The first-order valence-corrected chi connectivity index (χ1v) is 6.36. The molecule has 1 aliphatic heterocycles. The number of anilines is 1. The van der Waals surface area contributed by atoms with Gasteiger partial charge in [0, 0.05) is 18.8 Å². The van der Waals surface area contributed by atoms with Crippen molar-refractivity contribution in [3.05, 3.63) is 30.1 Å².